The molecule has 2 saturated carbocycles. The van der Waals surface area contributed by atoms with Gasteiger partial charge in [0.25, 0.3) is 0 Å². The summed E-state index contributed by atoms with van der Waals surface area (Å²) in [6, 6.07) is 3.60. The van der Waals surface area contributed by atoms with E-state index in [1.165, 1.54) is 0 Å². The highest BCUT2D eigenvalue weighted by atomic mass is 16.6. The lowest BCUT2D eigenvalue weighted by Gasteiger charge is -2.44. The first-order valence-electron chi connectivity index (χ1n) is 13.8. The molecule has 210 valence electrons. The van der Waals surface area contributed by atoms with Gasteiger partial charge in [0.05, 0.1) is 6.42 Å². The van der Waals surface area contributed by atoms with Crippen LogP contribution >= 0.6 is 0 Å². The molecule has 2 aliphatic carbocycles. The maximum Gasteiger partial charge on any atom is 0.408 e. The van der Waals surface area contributed by atoms with Gasteiger partial charge < -0.3 is 26.0 Å². The molecule has 0 aromatic heterocycles. The summed E-state index contributed by atoms with van der Waals surface area (Å²) in [6.07, 6.45) is 6.28. The van der Waals surface area contributed by atoms with E-state index in [1.807, 2.05) is 32.0 Å². The third kappa shape index (κ3) is 8.20. The summed E-state index contributed by atoms with van der Waals surface area (Å²) in [7, 11) is 0. The SMILES string of the molecule is Cc1cc(C)cc(C(C(=O)NC2CCCCC2)N(C(=O)C(CC(N)=O)NC(=O)OC(C)(C)C)C2CCC2)c1. The van der Waals surface area contributed by atoms with Gasteiger partial charge in [-0.15, -0.1) is 0 Å². The molecule has 9 nitrogen and oxygen atoms in total. The number of nitrogens with two attached hydrogens (primary N) is 1. The largest absolute Gasteiger partial charge is 0.444 e. The van der Waals surface area contributed by atoms with Crippen LogP contribution in [-0.4, -0.2) is 52.4 Å². The van der Waals surface area contributed by atoms with E-state index in [1.54, 1.807) is 25.7 Å². The summed E-state index contributed by atoms with van der Waals surface area (Å²) in [4.78, 5) is 54.3. The molecule has 1 aromatic carbocycles. The molecule has 2 fully saturated rings. The van der Waals surface area contributed by atoms with Crippen molar-refractivity contribution in [1.29, 1.82) is 0 Å². The Hall–Kier alpha value is -3.10. The fourth-order valence-electron chi connectivity index (χ4n) is 5.35. The van der Waals surface area contributed by atoms with Crippen LogP contribution in [0.1, 0.15) is 101 Å². The molecule has 2 atom stereocenters. The van der Waals surface area contributed by atoms with Crippen molar-refractivity contribution in [2.24, 2.45) is 5.73 Å². The minimum absolute atomic E-state index is 0.0595. The Morgan fingerprint density at radius 2 is 1.58 bits per heavy atom. The summed E-state index contributed by atoms with van der Waals surface area (Å²) in [5.74, 6) is -1.48. The van der Waals surface area contributed by atoms with E-state index < -0.39 is 42.0 Å². The van der Waals surface area contributed by atoms with Gasteiger partial charge in [0.1, 0.15) is 17.7 Å². The monoisotopic (exact) mass is 528 g/mol. The molecule has 2 aliphatic rings. The number of hydrogen-bond acceptors (Lipinski definition) is 5. The van der Waals surface area contributed by atoms with E-state index >= 15 is 0 Å². The van der Waals surface area contributed by atoms with Crippen LogP contribution in [0.4, 0.5) is 4.79 Å². The van der Waals surface area contributed by atoms with Crippen LogP contribution in [0, 0.1) is 13.8 Å². The number of amides is 4. The summed E-state index contributed by atoms with van der Waals surface area (Å²) < 4.78 is 5.35. The van der Waals surface area contributed by atoms with Crippen LogP contribution in [-0.2, 0) is 19.1 Å². The van der Waals surface area contributed by atoms with Gasteiger partial charge in [0.15, 0.2) is 0 Å². The molecule has 0 bridgehead atoms. The first-order chi connectivity index (χ1) is 17.8. The van der Waals surface area contributed by atoms with Crippen LogP contribution < -0.4 is 16.4 Å². The number of rotatable bonds is 9. The lowest BCUT2D eigenvalue weighted by molar-refractivity contribution is -0.148. The number of ether oxygens (including phenoxy) is 1. The zero-order valence-electron chi connectivity index (χ0n) is 23.5. The second-order valence-electron chi connectivity index (χ2n) is 11.9. The molecule has 4 amide bonds. The first-order valence-corrected chi connectivity index (χ1v) is 13.8. The molecule has 0 spiro atoms. The summed E-state index contributed by atoms with van der Waals surface area (Å²) in [5, 5.41) is 5.76. The quantitative estimate of drug-likeness (QED) is 0.447. The van der Waals surface area contributed by atoms with Crippen LogP contribution in [0.25, 0.3) is 0 Å². The lowest BCUT2D eigenvalue weighted by Crippen LogP contribution is -2.58. The van der Waals surface area contributed by atoms with E-state index in [4.69, 9.17) is 10.5 Å². The summed E-state index contributed by atoms with van der Waals surface area (Å²) in [6.45, 7) is 9.06. The van der Waals surface area contributed by atoms with E-state index in [9.17, 15) is 19.2 Å². The summed E-state index contributed by atoms with van der Waals surface area (Å²) in [5.41, 5.74) is 7.37. The van der Waals surface area contributed by atoms with Crippen molar-refractivity contribution in [3.8, 4) is 0 Å². The molecule has 0 heterocycles. The minimum Gasteiger partial charge on any atom is -0.444 e. The second kappa shape index (κ2) is 12.6. The van der Waals surface area contributed by atoms with Gasteiger partial charge in [-0.2, -0.15) is 0 Å². The highest BCUT2D eigenvalue weighted by Gasteiger charge is 2.43. The number of alkyl carbamates (subject to hydrolysis) is 1. The lowest BCUT2D eigenvalue weighted by atomic mass is 9.87. The number of carbonyl (C=O) groups is 4. The fraction of sp³-hybridized carbons (Fsp3) is 0.655. The predicted molar refractivity (Wildman–Crippen MR) is 145 cm³/mol. The smallest absolute Gasteiger partial charge is 0.408 e. The third-order valence-corrected chi connectivity index (χ3v) is 7.15. The Morgan fingerprint density at radius 1 is 0.974 bits per heavy atom. The Labute approximate surface area is 226 Å². The molecule has 38 heavy (non-hydrogen) atoms. The van der Waals surface area contributed by atoms with Gasteiger partial charge in [-0.25, -0.2) is 4.79 Å². The van der Waals surface area contributed by atoms with Crippen molar-refractivity contribution >= 4 is 23.8 Å². The number of aryl methyl sites for hydroxylation is 2. The van der Waals surface area contributed by atoms with Gasteiger partial charge >= 0.3 is 6.09 Å². The first kappa shape index (κ1) is 29.5. The van der Waals surface area contributed by atoms with Crippen molar-refractivity contribution in [1.82, 2.24) is 15.5 Å². The van der Waals surface area contributed by atoms with Gasteiger partial charge in [-0.3, -0.25) is 14.4 Å². The van der Waals surface area contributed by atoms with Gasteiger partial charge in [-0.1, -0.05) is 48.6 Å². The van der Waals surface area contributed by atoms with Crippen LogP contribution in [0.5, 0.6) is 0 Å². The highest BCUT2D eigenvalue weighted by molar-refractivity contribution is 5.95. The highest BCUT2D eigenvalue weighted by Crippen LogP contribution is 2.35. The average Bonchev–Trinajstić information content (AvgIpc) is 2.75. The molecule has 3 rings (SSSR count). The predicted octanol–water partition coefficient (Wildman–Crippen LogP) is 3.94. The molecular weight excluding hydrogens is 484 g/mol. The van der Waals surface area contributed by atoms with Crippen molar-refractivity contribution in [3.63, 3.8) is 0 Å². The maximum absolute atomic E-state index is 14.2. The van der Waals surface area contributed by atoms with Crippen molar-refractivity contribution in [2.75, 3.05) is 0 Å². The number of nitrogens with zero attached hydrogens (tertiary/aromatic N) is 1. The van der Waals surface area contributed by atoms with Crippen LogP contribution in [0.3, 0.4) is 0 Å². The van der Waals surface area contributed by atoms with Crippen molar-refractivity contribution < 1.29 is 23.9 Å². The third-order valence-electron chi connectivity index (χ3n) is 7.15. The minimum atomic E-state index is -1.25. The zero-order valence-corrected chi connectivity index (χ0v) is 23.5. The molecule has 1 aromatic rings. The number of carbonyl (C=O) groups excluding carboxylic acids is 4. The maximum atomic E-state index is 14.2. The number of nitrogens with one attached hydrogen (secondary N) is 2. The molecule has 4 N–H and O–H groups in total. The molecule has 0 aliphatic heterocycles. The van der Waals surface area contributed by atoms with Gasteiger partial charge in [-0.05, 0) is 72.3 Å². The zero-order chi connectivity index (χ0) is 28.0. The van der Waals surface area contributed by atoms with Crippen molar-refractivity contribution in [2.45, 2.75) is 122 Å². The van der Waals surface area contributed by atoms with E-state index in [0.717, 1.165) is 62.5 Å². The van der Waals surface area contributed by atoms with Crippen LogP contribution in [0.15, 0.2) is 18.2 Å². The molecule has 0 saturated heterocycles. The Kier molecular flexibility index (Phi) is 9.79. The van der Waals surface area contributed by atoms with Gasteiger partial charge in [0, 0.05) is 12.1 Å². The topological polar surface area (TPSA) is 131 Å². The van der Waals surface area contributed by atoms with Gasteiger partial charge in [0.2, 0.25) is 17.7 Å². The molecule has 9 heteroatoms. The standard InChI is InChI=1S/C29H44N4O5/c1-18-14-19(2)16-20(15-18)25(26(35)31-21-10-7-6-8-11-21)33(22-12-9-13-22)27(36)23(17-24(30)34)32-28(37)38-29(3,4)5/h14-16,21-23,25H,6-13,17H2,1-5H3,(H2,30,34)(H,31,35)(H,32,37). The Bertz CT molecular complexity index is 1000. The van der Waals surface area contributed by atoms with Crippen LogP contribution in [0.2, 0.25) is 0 Å². The summed E-state index contributed by atoms with van der Waals surface area (Å²) >= 11 is 0. The fourth-order valence-corrected chi connectivity index (χ4v) is 5.35. The van der Waals surface area contributed by atoms with E-state index in [-0.39, 0.29) is 18.0 Å². The Balaban J connectivity index is 2.00. The number of hydrogen-bond donors (Lipinski definition) is 3. The number of primary amides is 1. The molecule has 2 unspecified atom stereocenters. The molecular formula is C29H44N4O5. The Morgan fingerprint density at radius 3 is 2.08 bits per heavy atom. The number of benzene rings is 1. The average molecular weight is 529 g/mol. The normalized spacial score (nSPS) is 18.0. The van der Waals surface area contributed by atoms with E-state index in [0.29, 0.717) is 5.56 Å². The molecule has 0 radical (unpaired) electrons. The van der Waals surface area contributed by atoms with E-state index in [2.05, 4.69) is 10.6 Å². The van der Waals surface area contributed by atoms with Crippen molar-refractivity contribution in [3.05, 3.63) is 34.9 Å². The second-order valence-corrected chi connectivity index (χ2v) is 11.9.